The van der Waals surface area contributed by atoms with Gasteiger partial charge in [-0.05, 0) is 80.5 Å². The molecule has 16 unspecified atom stereocenters. The summed E-state index contributed by atoms with van der Waals surface area (Å²) in [5.74, 6) is 2.08. The topological polar surface area (TPSA) is 177 Å². The monoisotopic (exact) mass is 708 g/mol. The van der Waals surface area contributed by atoms with E-state index in [4.69, 9.17) is 28.4 Å². The van der Waals surface area contributed by atoms with Crippen molar-refractivity contribution in [1.82, 2.24) is 0 Å². The van der Waals surface area contributed by atoms with Crippen LogP contribution in [0.2, 0.25) is 0 Å². The van der Waals surface area contributed by atoms with E-state index in [1.807, 2.05) is 0 Å². The van der Waals surface area contributed by atoms with Gasteiger partial charge in [0, 0.05) is 24.2 Å². The number of ether oxygens (including phenoxy) is 6. The van der Waals surface area contributed by atoms with Crippen LogP contribution in [0.4, 0.5) is 0 Å². The summed E-state index contributed by atoms with van der Waals surface area (Å²) in [6.07, 6.45) is -3.26. The fraction of sp³-hybridized carbons (Fsp3) is 0.947. The summed E-state index contributed by atoms with van der Waals surface area (Å²) in [7, 11) is 0. The number of aliphatic hydroxyl groups is 6. The first-order valence-electron chi connectivity index (χ1n) is 19.4. The van der Waals surface area contributed by atoms with E-state index in [0.717, 1.165) is 45.1 Å². The molecule has 0 radical (unpaired) electrons. The van der Waals surface area contributed by atoms with Crippen molar-refractivity contribution >= 4 is 0 Å². The normalized spacial score (nSPS) is 59.3. The van der Waals surface area contributed by atoms with Crippen LogP contribution < -0.4 is 0 Å². The molecule has 0 aromatic carbocycles. The first-order chi connectivity index (χ1) is 23.7. The molecule has 6 N–H and O–H groups in total. The second kappa shape index (κ2) is 12.9. The third kappa shape index (κ3) is 5.45. The maximum atomic E-state index is 11.1. The molecule has 0 aromatic rings. The molecular formula is C38H60O12. The van der Waals surface area contributed by atoms with Crippen LogP contribution in [0.3, 0.4) is 0 Å². The molecule has 4 aliphatic carbocycles. The zero-order valence-electron chi connectivity index (χ0n) is 30.2. The number of aliphatic hydroxyl groups excluding tert-OH is 6. The highest BCUT2D eigenvalue weighted by Crippen LogP contribution is 2.71. The number of hydrogen-bond donors (Lipinski definition) is 6. The minimum atomic E-state index is -1.60. The summed E-state index contributed by atoms with van der Waals surface area (Å²) in [4.78, 5) is 0. The SMILES string of the molecule is CC1CC[C@@]2(OC1)OC1CC3C4CC=C5C[C@@H](O)C[C@@H](OC6OCC(O)C(O)C6O[C@@H]6OC(C)C(O)C(O)C6O)C5(C)C4CCC3(C)C1[C@@H]2C. The summed E-state index contributed by atoms with van der Waals surface area (Å²) in [5.41, 5.74) is 0.917. The van der Waals surface area contributed by atoms with Gasteiger partial charge in [-0.3, -0.25) is 0 Å². The van der Waals surface area contributed by atoms with Gasteiger partial charge in [-0.15, -0.1) is 0 Å². The molecule has 8 rings (SSSR count). The van der Waals surface area contributed by atoms with E-state index < -0.39 is 78.7 Å². The van der Waals surface area contributed by atoms with E-state index in [-0.39, 0.29) is 18.1 Å². The van der Waals surface area contributed by atoms with Crippen LogP contribution in [0, 0.1) is 46.3 Å². The Hall–Kier alpha value is -0.740. The molecule has 0 amide bonds. The van der Waals surface area contributed by atoms with Crippen molar-refractivity contribution < 1.29 is 59.1 Å². The molecule has 284 valence electrons. The smallest absolute Gasteiger partial charge is 0.187 e. The maximum Gasteiger partial charge on any atom is 0.187 e. The Bertz CT molecular complexity index is 1290. The summed E-state index contributed by atoms with van der Waals surface area (Å²) in [6.45, 7) is 11.5. The lowest BCUT2D eigenvalue weighted by Crippen LogP contribution is -2.63. The van der Waals surface area contributed by atoms with E-state index in [9.17, 15) is 30.6 Å². The van der Waals surface area contributed by atoms with E-state index in [2.05, 4.69) is 33.8 Å². The lowest BCUT2D eigenvalue weighted by Gasteiger charge is -2.60. The minimum Gasteiger partial charge on any atom is -0.393 e. The van der Waals surface area contributed by atoms with Crippen molar-refractivity contribution in [3.8, 4) is 0 Å². The van der Waals surface area contributed by atoms with Crippen LogP contribution in [0.5, 0.6) is 0 Å². The van der Waals surface area contributed by atoms with Crippen LogP contribution in [-0.4, -0.2) is 123 Å². The highest BCUT2D eigenvalue weighted by atomic mass is 16.8. The summed E-state index contributed by atoms with van der Waals surface area (Å²) < 4.78 is 38.0. The molecule has 1 spiro atoms. The molecule has 0 bridgehead atoms. The lowest BCUT2D eigenvalue weighted by molar-refractivity contribution is -0.362. The molecule has 0 aromatic heterocycles. The molecule has 8 aliphatic rings. The van der Waals surface area contributed by atoms with Gasteiger partial charge in [0.1, 0.15) is 36.6 Å². The van der Waals surface area contributed by atoms with Crippen molar-refractivity contribution in [3.05, 3.63) is 11.6 Å². The second-order valence-electron chi connectivity index (χ2n) is 17.9. The Labute approximate surface area is 295 Å². The van der Waals surface area contributed by atoms with Gasteiger partial charge in [0.05, 0.1) is 37.6 Å². The first kappa shape index (κ1) is 36.2. The Morgan fingerprint density at radius 2 is 1.60 bits per heavy atom. The molecule has 12 heteroatoms. The maximum absolute atomic E-state index is 11.1. The number of rotatable bonds is 4. The number of hydrogen-bond acceptors (Lipinski definition) is 12. The summed E-state index contributed by atoms with van der Waals surface area (Å²) in [6, 6.07) is 0. The molecule has 50 heavy (non-hydrogen) atoms. The minimum absolute atomic E-state index is 0.134. The third-order valence-electron chi connectivity index (χ3n) is 15.2. The van der Waals surface area contributed by atoms with Crippen molar-refractivity contribution in [2.75, 3.05) is 13.2 Å². The van der Waals surface area contributed by atoms with Crippen molar-refractivity contribution in [3.63, 3.8) is 0 Å². The highest BCUT2D eigenvalue weighted by Gasteiger charge is 2.69. The molecular weight excluding hydrogens is 648 g/mol. The Balaban J connectivity index is 1.04. The van der Waals surface area contributed by atoms with E-state index in [0.29, 0.717) is 48.3 Å². The predicted molar refractivity (Wildman–Crippen MR) is 177 cm³/mol. The van der Waals surface area contributed by atoms with Crippen molar-refractivity contribution in [2.24, 2.45) is 46.3 Å². The van der Waals surface area contributed by atoms with Crippen LogP contribution >= 0.6 is 0 Å². The van der Waals surface area contributed by atoms with Gasteiger partial charge in [0.25, 0.3) is 0 Å². The van der Waals surface area contributed by atoms with Crippen molar-refractivity contribution in [2.45, 2.75) is 165 Å². The third-order valence-corrected chi connectivity index (χ3v) is 15.2. The molecule has 4 saturated heterocycles. The van der Waals surface area contributed by atoms with Crippen LogP contribution in [0.25, 0.3) is 0 Å². The largest absolute Gasteiger partial charge is 0.393 e. The number of fused-ring (bicyclic) bond motifs is 7. The second-order valence-corrected chi connectivity index (χ2v) is 17.9. The fourth-order valence-corrected chi connectivity index (χ4v) is 12.4. The standard InChI is InChI=1S/C38H60O12/c1-17-8-11-38(46-15-17)18(2)28-26(50-38)14-24-22-7-6-20-12-21(39)13-27(37(20,5)23(22)9-10-36(24,28)4)48-35-33(30(42)25(40)16-45-35)49-34-32(44)31(43)29(41)19(3)47-34/h6,17-19,21-35,39-44H,7-16H2,1-5H3/t17?,18-,19?,21+,22?,23?,24?,25?,26?,27+,28?,29?,30?,31?,32?,33?,34-,35?,36?,37?,38+/m0/s1. The summed E-state index contributed by atoms with van der Waals surface area (Å²) in [5, 5.41) is 64.1. The van der Waals surface area contributed by atoms with E-state index >= 15 is 0 Å². The molecule has 4 heterocycles. The van der Waals surface area contributed by atoms with Crippen LogP contribution in [0.15, 0.2) is 11.6 Å². The van der Waals surface area contributed by atoms with E-state index in [1.165, 1.54) is 5.57 Å². The average Bonchev–Trinajstić information content (AvgIpc) is 3.53. The molecule has 12 nitrogen and oxygen atoms in total. The van der Waals surface area contributed by atoms with Crippen LogP contribution in [0.1, 0.15) is 86.0 Å². The Morgan fingerprint density at radius 1 is 0.820 bits per heavy atom. The van der Waals surface area contributed by atoms with Gasteiger partial charge >= 0.3 is 0 Å². The van der Waals surface area contributed by atoms with Gasteiger partial charge in [-0.2, -0.15) is 0 Å². The zero-order valence-corrected chi connectivity index (χ0v) is 30.2. The Kier molecular flexibility index (Phi) is 9.38. The first-order valence-corrected chi connectivity index (χ1v) is 19.4. The molecule has 3 saturated carbocycles. The molecule has 21 atom stereocenters. The van der Waals surface area contributed by atoms with E-state index in [1.54, 1.807) is 6.92 Å². The van der Waals surface area contributed by atoms with Gasteiger partial charge in [0.15, 0.2) is 18.4 Å². The van der Waals surface area contributed by atoms with Gasteiger partial charge in [0.2, 0.25) is 0 Å². The van der Waals surface area contributed by atoms with Gasteiger partial charge < -0.3 is 59.1 Å². The predicted octanol–water partition coefficient (Wildman–Crippen LogP) is 2.00. The van der Waals surface area contributed by atoms with Crippen LogP contribution in [-0.2, 0) is 28.4 Å². The average molecular weight is 709 g/mol. The fourth-order valence-electron chi connectivity index (χ4n) is 12.4. The van der Waals surface area contributed by atoms with Gasteiger partial charge in [-0.25, -0.2) is 0 Å². The molecule has 4 aliphatic heterocycles. The Morgan fingerprint density at radius 3 is 2.34 bits per heavy atom. The summed E-state index contributed by atoms with van der Waals surface area (Å²) >= 11 is 0. The zero-order chi connectivity index (χ0) is 35.5. The lowest BCUT2D eigenvalue weighted by atomic mass is 9.46. The molecule has 7 fully saturated rings. The number of allylic oxidation sites excluding steroid dienone is 1. The highest BCUT2D eigenvalue weighted by molar-refractivity contribution is 5.28. The van der Waals surface area contributed by atoms with Gasteiger partial charge in [-0.1, -0.05) is 39.3 Å². The quantitative estimate of drug-likeness (QED) is 0.235. The van der Waals surface area contributed by atoms with Crippen molar-refractivity contribution in [1.29, 1.82) is 0 Å².